The standard InChI is InChI=1S/C24H25Cl2N3O2.CH2O/c1-16(27-2)23-21(13-17-7-9-18(25)10-8-17)22(15-29-24(23)28-11-4-12-30)31-20-6-3-5-19(26)14-20;1-2/h3,5-10,14-15,27,30H,1,4,11-13H2,2H3,(H,28,29);1H2. The first kappa shape index (κ1) is 26.2. The first-order valence-corrected chi connectivity index (χ1v) is 11.0. The Morgan fingerprint density at radius 2 is 1.85 bits per heavy atom. The molecule has 3 aromatic rings. The van der Waals surface area contributed by atoms with E-state index in [1.807, 2.05) is 50.2 Å². The number of pyridine rings is 1. The second-order valence-corrected chi connectivity index (χ2v) is 7.79. The summed E-state index contributed by atoms with van der Waals surface area (Å²) in [7, 11) is 1.82. The Kier molecular flexibility index (Phi) is 10.7. The van der Waals surface area contributed by atoms with E-state index >= 15 is 0 Å². The number of aliphatic hydroxyl groups excluding tert-OH is 1. The van der Waals surface area contributed by atoms with E-state index in [1.165, 1.54) is 0 Å². The van der Waals surface area contributed by atoms with Gasteiger partial charge in [0.1, 0.15) is 24.1 Å². The Hall–Kier alpha value is -3.06. The number of nitrogens with zero attached hydrogens (tertiary/aromatic N) is 1. The maximum Gasteiger partial charge on any atom is 0.150 e. The molecule has 3 N–H and O–H groups in total. The molecule has 1 heterocycles. The van der Waals surface area contributed by atoms with Gasteiger partial charge in [-0.05, 0) is 42.3 Å². The van der Waals surface area contributed by atoms with Crippen LogP contribution in [0.4, 0.5) is 5.82 Å². The predicted molar refractivity (Wildman–Crippen MR) is 135 cm³/mol. The van der Waals surface area contributed by atoms with Crippen LogP contribution in [0, 0.1) is 0 Å². The van der Waals surface area contributed by atoms with Crippen LogP contribution in [-0.4, -0.2) is 37.1 Å². The summed E-state index contributed by atoms with van der Waals surface area (Å²) in [6, 6.07) is 14.9. The summed E-state index contributed by atoms with van der Waals surface area (Å²) < 4.78 is 6.19. The van der Waals surface area contributed by atoms with Crippen molar-refractivity contribution in [2.24, 2.45) is 0 Å². The smallest absolute Gasteiger partial charge is 0.150 e. The maximum absolute atomic E-state index is 9.14. The third-order valence-corrected chi connectivity index (χ3v) is 5.18. The van der Waals surface area contributed by atoms with E-state index in [-0.39, 0.29) is 6.61 Å². The van der Waals surface area contributed by atoms with E-state index in [4.69, 9.17) is 37.8 Å². The molecule has 0 amide bonds. The summed E-state index contributed by atoms with van der Waals surface area (Å²) in [4.78, 5) is 12.6. The number of anilines is 1. The Labute approximate surface area is 204 Å². The van der Waals surface area contributed by atoms with E-state index in [2.05, 4.69) is 22.2 Å². The highest BCUT2D eigenvalue weighted by molar-refractivity contribution is 6.30. The SMILES string of the molecule is C=C(NC)c1c(NCCCO)ncc(Oc2cccc(Cl)c2)c1Cc1ccc(Cl)cc1.C=O. The molecule has 0 saturated heterocycles. The van der Waals surface area contributed by atoms with Gasteiger partial charge in [-0.2, -0.15) is 0 Å². The quantitative estimate of drug-likeness (QED) is 0.324. The maximum atomic E-state index is 9.14. The van der Waals surface area contributed by atoms with Crippen LogP contribution >= 0.6 is 23.2 Å². The molecular formula is C25H27Cl2N3O3. The van der Waals surface area contributed by atoms with Crippen molar-refractivity contribution in [3.8, 4) is 11.5 Å². The fraction of sp³-hybridized carbons (Fsp3) is 0.200. The van der Waals surface area contributed by atoms with Gasteiger partial charge in [0.25, 0.3) is 0 Å². The lowest BCUT2D eigenvalue weighted by Gasteiger charge is -2.20. The number of hydrogen-bond donors (Lipinski definition) is 3. The highest BCUT2D eigenvalue weighted by atomic mass is 35.5. The van der Waals surface area contributed by atoms with E-state index in [1.54, 1.807) is 18.3 Å². The Balaban J connectivity index is 0.00000187. The molecule has 0 aliphatic carbocycles. The van der Waals surface area contributed by atoms with Crippen molar-refractivity contribution < 1.29 is 14.6 Å². The number of carbonyl (C=O) groups excluding carboxylic acids is 1. The molecule has 33 heavy (non-hydrogen) atoms. The summed E-state index contributed by atoms with van der Waals surface area (Å²) in [6.07, 6.45) is 2.89. The summed E-state index contributed by atoms with van der Waals surface area (Å²) in [6.45, 7) is 6.86. The molecule has 0 saturated carbocycles. The van der Waals surface area contributed by atoms with Gasteiger partial charge < -0.3 is 25.3 Å². The minimum atomic E-state index is 0.100. The molecule has 0 bridgehead atoms. The second kappa shape index (κ2) is 13.5. The summed E-state index contributed by atoms with van der Waals surface area (Å²) in [5.74, 6) is 1.90. The first-order chi connectivity index (χ1) is 16.0. The molecule has 6 nitrogen and oxygen atoms in total. The highest BCUT2D eigenvalue weighted by Crippen LogP contribution is 2.36. The number of benzene rings is 2. The molecule has 3 rings (SSSR count). The van der Waals surface area contributed by atoms with Gasteiger partial charge in [-0.25, -0.2) is 4.98 Å². The zero-order valence-electron chi connectivity index (χ0n) is 18.4. The summed E-state index contributed by atoms with van der Waals surface area (Å²) in [5.41, 5.74) is 3.52. The third-order valence-electron chi connectivity index (χ3n) is 4.70. The largest absolute Gasteiger partial charge is 0.455 e. The van der Waals surface area contributed by atoms with Gasteiger partial charge in [0.15, 0.2) is 0 Å². The van der Waals surface area contributed by atoms with Crippen LogP contribution in [-0.2, 0) is 11.2 Å². The van der Waals surface area contributed by atoms with Crippen molar-refractivity contribution in [2.45, 2.75) is 12.8 Å². The molecule has 174 valence electrons. The van der Waals surface area contributed by atoms with E-state index < -0.39 is 0 Å². The molecule has 0 unspecified atom stereocenters. The van der Waals surface area contributed by atoms with Crippen LogP contribution in [0.2, 0.25) is 10.0 Å². The Morgan fingerprint density at radius 1 is 1.12 bits per heavy atom. The van der Waals surface area contributed by atoms with Crippen LogP contribution in [0.5, 0.6) is 11.5 Å². The Bertz CT molecular complexity index is 1060. The lowest BCUT2D eigenvalue weighted by Crippen LogP contribution is -2.14. The van der Waals surface area contributed by atoms with Crippen LogP contribution in [0.3, 0.4) is 0 Å². The molecule has 0 aliphatic rings. The number of nitrogens with one attached hydrogen (secondary N) is 2. The molecule has 0 atom stereocenters. The van der Waals surface area contributed by atoms with Crippen LogP contribution in [0.15, 0.2) is 61.3 Å². The fourth-order valence-electron chi connectivity index (χ4n) is 3.13. The van der Waals surface area contributed by atoms with Gasteiger partial charge in [-0.1, -0.05) is 48.0 Å². The molecular weight excluding hydrogens is 461 g/mol. The van der Waals surface area contributed by atoms with Gasteiger partial charge in [0, 0.05) is 53.5 Å². The average Bonchev–Trinajstić information content (AvgIpc) is 2.83. The van der Waals surface area contributed by atoms with Crippen LogP contribution in [0.1, 0.15) is 23.1 Å². The molecule has 0 radical (unpaired) electrons. The van der Waals surface area contributed by atoms with Crippen molar-refractivity contribution in [1.82, 2.24) is 10.3 Å². The van der Waals surface area contributed by atoms with Gasteiger partial charge >= 0.3 is 0 Å². The number of aliphatic hydroxyl groups is 1. The minimum absolute atomic E-state index is 0.100. The molecule has 0 aliphatic heterocycles. The number of ether oxygens (including phenoxy) is 1. The molecule has 0 spiro atoms. The number of aromatic nitrogens is 1. The van der Waals surface area contributed by atoms with Crippen LogP contribution < -0.4 is 15.4 Å². The lowest BCUT2D eigenvalue weighted by atomic mass is 9.98. The van der Waals surface area contributed by atoms with Gasteiger partial charge in [-0.15, -0.1) is 0 Å². The van der Waals surface area contributed by atoms with Gasteiger partial charge in [0.2, 0.25) is 0 Å². The van der Waals surface area contributed by atoms with Crippen LogP contribution in [0.25, 0.3) is 5.70 Å². The molecule has 1 aromatic heterocycles. The van der Waals surface area contributed by atoms with E-state index in [9.17, 15) is 0 Å². The molecule has 0 fully saturated rings. The number of rotatable bonds is 10. The topological polar surface area (TPSA) is 83.5 Å². The Morgan fingerprint density at radius 3 is 2.48 bits per heavy atom. The molecule has 2 aromatic carbocycles. The fourth-order valence-corrected chi connectivity index (χ4v) is 3.44. The van der Waals surface area contributed by atoms with Gasteiger partial charge in [0.05, 0.1) is 6.20 Å². The zero-order valence-corrected chi connectivity index (χ0v) is 19.9. The van der Waals surface area contributed by atoms with Crippen molar-refractivity contribution in [3.63, 3.8) is 0 Å². The average molecular weight is 488 g/mol. The van der Waals surface area contributed by atoms with E-state index in [0.29, 0.717) is 52.4 Å². The normalized spacial score (nSPS) is 10.1. The number of halogens is 2. The van der Waals surface area contributed by atoms with Crippen molar-refractivity contribution in [2.75, 3.05) is 25.5 Å². The second-order valence-electron chi connectivity index (χ2n) is 6.92. The number of hydrogen-bond acceptors (Lipinski definition) is 6. The predicted octanol–water partition coefficient (Wildman–Crippen LogP) is 5.57. The number of carbonyl (C=O) groups is 1. The molecule has 8 heteroatoms. The zero-order chi connectivity index (χ0) is 24.2. The lowest BCUT2D eigenvalue weighted by molar-refractivity contribution is -0.0979. The minimum Gasteiger partial charge on any atom is -0.455 e. The monoisotopic (exact) mass is 487 g/mol. The highest BCUT2D eigenvalue weighted by Gasteiger charge is 2.19. The summed E-state index contributed by atoms with van der Waals surface area (Å²) >= 11 is 12.2. The van der Waals surface area contributed by atoms with Crippen molar-refractivity contribution >= 4 is 41.5 Å². The van der Waals surface area contributed by atoms with E-state index in [0.717, 1.165) is 16.7 Å². The third kappa shape index (κ3) is 7.49. The van der Waals surface area contributed by atoms with Gasteiger partial charge in [-0.3, -0.25) is 0 Å². The first-order valence-electron chi connectivity index (χ1n) is 10.2. The summed E-state index contributed by atoms with van der Waals surface area (Å²) in [5, 5.41) is 16.8. The van der Waals surface area contributed by atoms with Crippen molar-refractivity contribution in [1.29, 1.82) is 0 Å². The van der Waals surface area contributed by atoms with Crippen molar-refractivity contribution in [3.05, 3.63) is 88.0 Å².